The molecule has 1 fully saturated rings. The zero-order chi connectivity index (χ0) is 17.8. The smallest absolute Gasteiger partial charge is 0.253 e. The van der Waals surface area contributed by atoms with Crippen LogP contribution in [0, 0.1) is 6.92 Å². The van der Waals surface area contributed by atoms with Crippen molar-refractivity contribution >= 4 is 11.6 Å². The van der Waals surface area contributed by atoms with Gasteiger partial charge < -0.3 is 14.5 Å². The minimum absolute atomic E-state index is 0.0998. The molecule has 0 bridgehead atoms. The Morgan fingerprint density at radius 2 is 1.72 bits per heavy atom. The van der Waals surface area contributed by atoms with Gasteiger partial charge in [-0.2, -0.15) is 0 Å². The zero-order valence-electron chi connectivity index (χ0n) is 15.3. The number of hydrogen-bond acceptors (Lipinski definition) is 3. The summed E-state index contributed by atoms with van der Waals surface area (Å²) in [5.41, 5.74) is 4.77. The van der Waals surface area contributed by atoms with Gasteiger partial charge in [-0.25, -0.2) is 0 Å². The molecule has 1 saturated heterocycles. The number of hydrogen-bond donors (Lipinski definition) is 0. The molecule has 1 aliphatic heterocycles. The van der Waals surface area contributed by atoms with Crippen molar-refractivity contribution in [3.63, 3.8) is 0 Å². The number of anilines is 1. The lowest BCUT2D eigenvalue weighted by Crippen LogP contribution is -2.49. The fraction of sp³-hybridized carbons (Fsp3) is 0.381. The van der Waals surface area contributed by atoms with Crippen molar-refractivity contribution < 1.29 is 9.53 Å². The molecule has 2 aromatic rings. The van der Waals surface area contributed by atoms with Gasteiger partial charge in [0.1, 0.15) is 5.75 Å². The van der Waals surface area contributed by atoms with Crippen LogP contribution in [0.1, 0.15) is 28.4 Å². The standard InChI is InChI=1S/C21H26N2O2/c1-4-17-7-5-6-16(2)20(17)22-12-14-23(15-13-22)21(24)18-8-10-19(25-3)11-9-18/h5-11H,4,12-15H2,1-3H3. The number of ether oxygens (including phenoxy) is 1. The van der Waals surface area contributed by atoms with E-state index in [2.05, 4.69) is 36.9 Å². The molecule has 0 N–H and O–H groups in total. The summed E-state index contributed by atoms with van der Waals surface area (Å²) < 4.78 is 5.16. The number of piperazine rings is 1. The van der Waals surface area contributed by atoms with Crippen LogP contribution in [0.4, 0.5) is 5.69 Å². The van der Waals surface area contributed by atoms with Crippen LogP contribution in [0.3, 0.4) is 0 Å². The maximum absolute atomic E-state index is 12.7. The first kappa shape index (κ1) is 17.3. The molecule has 2 aromatic carbocycles. The van der Waals surface area contributed by atoms with E-state index in [1.807, 2.05) is 29.2 Å². The average molecular weight is 338 g/mol. The third-order valence-corrected chi connectivity index (χ3v) is 4.92. The summed E-state index contributed by atoms with van der Waals surface area (Å²) >= 11 is 0. The van der Waals surface area contributed by atoms with Gasteiger partial charge in [0.25, 0.3) is 5.91 Å². The summed E-state index contributed by atoms with van der Waals surface area (Å²) in [4.78, 5) is 17.1. The van der Waals surface area contributed by atoms with Gasteiger partial charge in [-0.1, -0.05) is 25.1 Å². The van der Waals surface area contributed by atoms with E-state index in [1.165, 1.54) is 16.8 Å². The summed E-state index contributed by atoms with van der Waals surface area (Å²) in [7, 11) is 1.63. The number of nitrogens with zero attached hydrogens (tertiary/aromatic N) is 2. The minimum atomic E-state index is 0.0998. The minimum Gasteiger partial charge on any atom is -0.497 e. The lowest BCUT2D eigenvalue weighted by Gasteiger charge is -2.37. The summed E-state index contributed by atoms with van der Waals surface area (Å²) in [5, 5.41) is 0. The van der Waals surface area contributed by atoms with E-state index in [0.717, 1.165) is 43.9 Å². The van der Waals surface area contributed by atoms with E-state index >= 15 is 0 Å². The highest BCUT2D eigenvalue weighted by atomic mass is 16.5. The summed E-state index contributed by atoms with van der Waals surface area (Å²) in [6.07, 6.45) is 1.03. The van der Waals surface area contributed by atoms with Crippen LogP contribution in [0.25, 0.3) is 0 Å². The Bertz CT molecular complexity index is 732. The Labute approximate surface area is 150 Å². The van der Waals surface area contributed by atoms with Gasteiger partial charge in [0, 0.05) is 37.4 Å². The zero-order valence-corrected chi connectivity index (χ0v) is 15.3. The highest BCUT2D eigenvalue weighted by molar-refractivity contribution is 5.94. The first-order valence-electron chi connectivity index (χ1n) is 8.90. The molecule has 1 heterocycles. The van der Waals surface area contributed by atoms with Crippen LogP contribution in [0.2, 0.25) is 0 Å². The molecule has 0 spiro atoms. The van der Waals surface area contributed by atoms with Gasteiger partial charge in [-0.05, 0) is 48.7 Å². The summed E-state index contributed by atoms with van der Waals surface area (Å²) in [6, 6.07) is 13.9. The van der Waals surface area contributed by atoms with Gasteiger partial charge in [0.2, 0.25) is 0 Å². The predicted molar refractivity (Wildman–Crippen MR) is 102 cm³/mol. The van der Waals surface area contributed by atoms with Gasteiger partial charge in [-0.15, -0.1) is 0 Å². The number of aryl methyl sites for hydroxylation is 2. The largest absolute Gasteiger partial charge is 0.497 e. The van der Waals surface area contributed by atoms with Crippen LogP contribution >= 0.6 is 0 Å². The van der Waals surface area contributed by atoms with Crippen LogP contribution in [0.5, 0.6) is 5.75 Å². The normalized spacial score (nSPS) is 14.5. The van der Waals surface area contributed by atoms with Crippen molar-refractivity contribution in [2.24, 2.45) is 0 Å². The molecule has 0 saturated carbocycles. The third-order valence-electron chi connectivity index (χ3n) is 4.92. The Hall–Kier alpha value is -2.49. The molecule has 132 valence electrons. The number of carbonyl (C=O) groups excluding carboxylic acids is 1. The van der Waals surface area contributed by atoms with E-state index in [0.29, 0.717) is 0 Å². The second-order valence-electron chi connectivity index (χ2n) is 6.44. The van der Waals surface area contributed by atoms with Gasteiger partial charge >= 0.3 is 0 Å². The molecular weight excluding hydrogens is 312 g/mol. The van der Waals surface area contributed by atoms with E-state index in [1.54, 1.807) is 7.11 Å². The summed E-state index contributed by atoms with van der Waals surface area (Å²) in [6.45, 7) is 7.62. The van der Waals surface area contributed by atoms with E-state index < -0.39 is 0 Å². The molecule has 4 nitrogen and oxygen atoms in total. The van der Waals surface area contributed by atoms with Crippen molar-refractivity contribution in [1.29, 1.82) is 0 Å². The Morgan fingerprint density at radius 1 is 1.04 bits per heavy atom. The third kappa shape index (κ3) is 3.63. The SMILES string of the molecule is CCc1cccc(C)c1N1CCN(C(=O)c2ccc(OC)cc2)CC1. The number of carbonyl (C=O) groups is 1. The fourth-order valence-electron chi connectivity index (χ4n) is 3.51. The number of rotatable bonds is 4. The highest BCUT2D eigenvalue weighted by Crippen LogP contribution is 2.27. The van der Waals surface area contributed by atoms with Crippen molar-refractivity contribution in [2.75, 3.05) is 38.2 Å². The van der Waals surface area contributed by atoms with Crippen LogP contribution in [0.15, 0.2) is 42.5 Å². The molecule has 1 amide bonds. The molecule has 0 aromatic heterocycles. The second-order valence-corrected chi connectivity index (χ2v) is 6.44. The molecule has 0 radical (unpaired) electrons. The van der Waals surface area contributed by atoms with Gasteiger partial charge in [-0.3, -0.25) is 4.79 Å². The van der Waals surface area contributed by atoms with Crippen molar-refractivity contribution in [1.82, 2.24) is 4.90 Å². The Morgan fingerprint density at radius 3 is 2.32 bits per heavy atom. The molecule has 0 unspecified atom stereocenters. The van der Waals surface area contributed by atoms with Crippen LogP contribution < -0.4 is 9.64 Å². The second kappa shape index (κ2) is 7.60. The Kier molecular flexibility index (Phi) is 5.27. The molecule has 3 rings (SSSR count). The van der Waals surface area contributed by atoms with E-state index in [9.17, 15) is 4.79 Å². The topological polar surface area (TPSA) is 32.8 Å². The lowest BCUT2D eigenvalue weighted by molar-refractivity contribution is 0.0746. The van der Waals surface area contributed by atoms with E-state index in [-0.39, 0.29) is 5.91 Å². The monoisotopic (exact) mass is 338 g/mol. The van der Waals surface area contributed by atoms with Gasteiger partial charge in [0.15, 0.2) is 0 Å². The first-order chi connectivity index (χ1) is 12.1. The number of para-hydroxylation sites is 1. The first-order valence-corrected chi connectivity index (χ1v) is 8.90. The van der Waals surface area contributed by atoms with Crippen molar-refractivity contribution in [3.05, 3.63) is 59.2 Å². The van der Waals surface area contributed by atoms with Crippen LogP contribution in [-0.2, 0) is 6.42 Å². The van der Waals surface area contributed by atoms with Crippen molar-refractivity contribution in [3.8, 4) is 5.75 Å². The molecule has 0 aliphatic carbocycles. The lowest BCUT2D eigenvalue weighted by atomic mass is 10.0. The quantitative estimate of drug-likeness (QED) is 0.855. The maximum Gasteiger partial charge on any atom is 0.253 e. The average Bonchev–Trinajstić information content (AvgIpc) is 2.67. The predicted octanol–water partition coefficient (Wildman–Crippen LogP) is 3.53. The molecule has 25 heavy (non-hydrogen) atoms. The molecule has 4 heteroatoms. The number of amides is 1. The van der Waals surface area contributed by atoms with Crippen LogP contribution in [-0.4, -0.2) is 44.1 Å². The summed E-state index contributed by atoms with van der Waals surface area (Å²) in [5.74, 6) is 0.871. The van der Waals surface area contributed by atoms with Gasteiger partial charge in [0.05, 0.1) is 7.11 Å². The highest BCUT2D eigenvalue weighted by Gasteiger charge is 2.24. The molecule has 0 atom stereocenters. The molecular formula is C21H26N2O2. The molecule has 1 aliphatic rings. The number of methoxy groups -OCH3 is 1. The van der Waals surface area contributed by atoms with E-state index in [4.69, 9.17) is 4.74 Å². The van der Waals surface area contributed by atoms with Crippen molar-refractivity contribution in [2.45, 2.75) is 20.3 Å². The maximum atomic E-state index is 12.7. The number of benzene rings is 2. The Balaban J connectivity index is 1.68. The fourth-order valence-corrected chi connectivity index (χ4v) is 3.51.